The molecule has 134 valence electrons. The molecule has 0 radical (unpaired) electrons. The molecule has 0 aliphatic rings. The lowest BCUT2D eigenvalue weighted by Gasteiger charge is -2.10. The lowest BCUT2D eigenvalue weighted by atomic mass is 9.98. The molecule has 1 amide bonds. The summed E-state index contributed by atoms with van der Waals surface area (Å²) in [5, 5.41) is 11.6. The molecule has 3 nitrogen and oxygen atoms in total. The van der Waals surface area contributed by atoms with Crippen LogP contribution in [0.15, 0.2) is 42.0 Å². The van der Waals surface area contributed by atoms with E-state index >= 15 is 0 Å². The Balaban J connectivity index is 2.32. The predicted molar refractivity (Wildman–Crippen MR) is 94.3 cm³/mol. The largest absolute Gasteiger partial charge is 0.416 e. The summed E-state index contributed by atoms with van der Waals surface area (Å²) in [5.74, 6) is -0.758. The maximum atomic E-state index is 12.8. The van der Waals surface area contributed by atoms with Crippen LogP contribution in [0.1, 0.15) is 27.8 Å². The molecule has 2 aromatic rings. The Morgan fingerprint density at radius 2 is 1.73 bits per heavy atom. The Morgan fingerprint density at radius 3 is 2.27 bits per heavy atom. The molecule has 0 fully saturated rings. The number of hydrogen-bond acceptors (Lipinski definition) is 2. The highest BCUT2D eigenvalue weighted by Gasteiger charge is 2.30. The zero-order valence-corrected chi connectivity index (χ0v) is 14.5. The number of hydrogen-bond donors (Lipinski definition) is 1. The minimum absolute atomic E-state index is 0.0247. The van der Waals surface area contributed by atoms with Crippen molar-refractivity contribution >= 4 is 17.7 Å². The smallest absolute Gasteiger partial charge is 0.321 e. The number of rotatable bonds is 3. The summed E-state index contributed by atoms with van der Waals surface area (Å²) in [6.07, 6.45) is -3.06. The monoisotopic (exact) mass is 358 g/mol. The second-order valence-electron chi connectivity index (χ2n) is 6.01. The normalized spacial score (nSPS) is 11.8. The van der Waals surface area contributed by atoms with E-state index in [-0.39, 0.29) is 11.3 Å². The van der Waals surface area contributed by atoms with Crippen LogP contribution in [0.4, 0.5) is 18.9 Å². The van der Waals surface area contributed by atoms with E-state index in [1.807, 2.05) is 39.0 Å². The molecule has 0 atom stereocenters. The van der Waals surface area contributed by atoms with Crippen molar-refractivity contribution in [2.24, 2.45) is 0 Å². The Hall–Kier alpha value is -3.07. The fourth-order valence-electron chi connectivity index (χ4n) is 2.68. The van der Waals surface area contributed by atoms with Gasteiger partial charge in [0.25, 0.3) is 5.91 Å². The number of nitriles is 1. The van der Waals surface area contributed by atoms with Crippen LogP contribution in [0, 0.1) is 32.1 Å². The van der Waals surface area contributed by atoms with E-state index in [0.29, 0.717) is 0 Å². The molecule has 0 aromatic heterocycles. The summed E-state index contributed by atoms with van der Waals surface area (Å²) in [6.45, 7) is 5.68. The van der Waals surface area contributed by atoms with Gasteiger partial charge < -0.3 is 5.32 Å². The minimum Gasteiger partial charge on any atom is -0.321 e. The SMILES string of the molecule is Cc1cc(C)c(/C=C(/C#N)C(=O)Nc2cccc(C(F)(F)F)c2)c(C)c1. The molecular formula is C20H17F3N2O. The summed E-state index contributed by atoms with van der Waals surface area (Å²) in [5.41, 5.74) is 2.53. The number of amides is 1. The van der Waals surface area contributed by atoms with E-state index in [4.69, 9.17) is 0 Å². The lowest BCUT2D eigenvalue weighted by Crippen LogP contribution is -2.14. The Morgan fingerprint density at radius 1 is 1.12 bits per heavy atom. The van der Waals surface area contributed by atoms with Gasteiger partial charge in [0.05, 0.1) is 5.56 Å². The number of halogens is 3. The highest BCUT2D eigenvalue weighted by molar-refractivity contribution is 6.09. The van der Waals surface area contributed by atoms with Gasteiger partial charge in [-0.1, -0.05) is 23.8 Å². The van der Waals surface area contributed by atoms with Crippen LogP contribution in [0.3, 0.4) is 0 Å². The molecule has 0 bridgehead atoms. The number of carbonyl (C=O) groups is 1. The first-order valence-electron chi connectivity index (χ1n) is 7.80. The summed E-state index contributed by atoms with van der Waals surface area (Å²) >= 11 is 0. The van der Waals surface area contributed by atoms with Crippen molar-refractivity contribution in [1.29, 1.82) is 5.26 Å². The first kappa shape index (κ1) is 19.3. The maximum absolute atomic E-state index is 12.8. The first-order valence-corrected chi connectivity index (χ1v) is 7.80. The predicted octanol–water partition coefficient (Wildman–Crippen LogP) is 5.18. The number of nitrogens with one attached hydrogen (secondary N) is 1. The van der Waals surface area contributed by atoms with E-state index in [0.717, 1.165) is 34.4 Å². The number of anilines is 1. The van der Waals surface area contributed by atoms with Crippen LogP contribution < -0.4 is 5.32 Å². The number of aryl methyl sites for hydroxylation is 3. The van der Waals surface area contributed by atoms with Crippen molar-refractivity contribution in [3.63, 3.8) is 0 Å². The third-order valence-electron chi connectivity index (χ3n) is 3.84. The molecule has 1 N–H and O–H groups in total. The highest BCUT2D eigenvalue weighted by atomic mass is 19.4. The van der Waals surface area contributed by atoms with Gasteiger partial charge in [-0.15, -0.1) is 0 Å². The van der Waals surface area contributed by atoms with Crippen molar-refractivity contribution in [3.05, 3.63) is 69.8 Å². The van der Waals surface area contributed by atoms with Crippen molar-refractivity contribution in [2.45, 2.75) is 26.9 Å². The second-order valence-corrected chi connectivity index (χ2v) is 6.01. The first-order chi connectivity index (χ1) is 12.1. The molecule has 26 heavy (non-hydrogen) atoms. The van der Waals surface area contributed by atoms with E-state index in [2.05, 4.69) is 5.32 Å². The quantitative estimate of drug-likeness (QED) is 0.607. The summed E-state index contributed by atoms with van der Waals surface area (Å²) in [7, 11) is 0. The number of benzene rings is 2. The maximum Gasteiger partial charge on any atom is 0.416 e. The van der Waals surface area contributed by atoms with Gasteiger partial charge >= 0.3 is 6.18 Å². The standard InChI is InChI=1S/C20H17F3N2O/c1-12-7-13(2)18(14(3)8-12)9-15(11-24)19(26)25-17-6-4-5-16(10-17)20(21,22)23/h4-10H,1-3H3,(H,25,26)/b15-9-. The number of nitrogens with zero attached hydrogens (tertiary/aromatic N) is 1. The fourth-order valence-corrected chi connectivity index (χ4v) is 2.68. The second kappa shape index (κ2) is 7.44. The molecule has 0 saturated heterocycles. The van der Waals surface area contributed by atoms with Crippen LogP contribution in [0.5, 0.6) is 0 Å². The van der Waals surface area contributed by atoms with Crippen LogP contribution in [0.2, 0.25) is 0 Å². The molecule has 0 aliphatic heterocycles. The number of carbonyl (C=O) groups excluding carboxylic acids is 1. The summed E-state index contributed by atoms with van der Waals surface area (Å²) < 4.78 is 38.3. The lowest BCUT2D eigenvalue weighted by molar-refractivity contribution is -0.137. The molecule has 0 spiro atoms. The summed E-state index contributed by atoms with van der Waals surface area (Å²) in [6, 6.07) is 9.95. The van der Waals surface area contributed by atoms with Gasteiger partial charge in [0, 0.05) is 5.69 Å². The molecule has 2 aromatic carbocycles. The van der Waals surface area contributed by atoms with Gasteiger partial charge in [-0.05, 0) is 61.7 Å². The van der Waals surface area contributed by atoms with Gasteiger partial charge in [0.15, 0.2) is 0 Å². The van der Waals surface area contributed by atoms with E-state index in [1.165, 1.54) is 18.2 Å². The van der Waals surface area contributed by atoms with Crippen molar-refractivity contribution in [3.8, 4) is 6.07 Å². The highest BCUT2D eigenvalue weighted by Crippen LogP contribution is 2.30. The molecular weight excluding hydrogens is 341 g/mol. The van der Waals surface area contributed by atoms with Crippen molar-refractivity contribution < 1.29 is 18.0 Å². The Labute approximate surface area is 149 Å². The zero-order chi connectivity index (χ0) is 19.5. The van der Waals surface area contributed by atoms with Crippen LogP contribution in [0.25, 0.3) is 6.08 Å². The topological polar surface area (TPSA) is 52.9 Å². The van der Waals surface area contributed by atoms with Gasteiger partial charge in [0.1, 0.15) is 11.6 Å². The molecule has 0 heterocycles. The van der Waals surface area contributed by atoms with E-state index in [1.54, 1.807) is 0 Å². The van der Waals surface area contributed by atoms with Crippen LogP contribution in [-0.4, -0.2) is 5.91 Å². The van der Waals surface area contributed by atoms with Gasteiger partial charge in [-0.3, -0.25) is 4.79 Å². The Kier molecular flexibility index (Phi) is 5.51. The average molecular weight is 358 g/mol. The van der Waals surface area contributed by atoms with Crippen LogP contribution in [-0.2, 0) is 11.0 Å². The molecule has 0 aliphatic carbocycles. The third-order valence-corrected chi connectivity index (χ3v) is 3.84. The molecule has 0 unspecified atom stereocenters. The number of alkyl halides is 3. The summed E-state index contributed by atoms with van der Waals surface area (Å²) in [4.78, 5) is 12.3. The van der Waals surface area contributed by atoms with Crippen molar-refractivity contribution in [2.75, 3.05) is 5.32 Å². The van der Waals surface area contributed by atoms with Gasteiger partial charge in [-0.2, -0.15) is 18.4 Å². The minimum atomic E-state index is -4.51. The average Bonchev–Trinajstić information content (AvgIpc) is 2.53. The van der Waals surface area contributed by atoms with Gasteiger partial charge in [0.2, 0.25) is 0 Å². The third kappa shape index (κ3) is 4.51. The fraction of sp³-hybridized carbons (Fsp3) is 0.200. The molecule has 0 saturated carbocycles. The Bertz CT molecular complexity index is 898. The molecule has 6 heteroatoms. The van der Waals surface area contributed by atoms with E-state index in [9.17, 15) is 23.2 Å². The van der Waals surface area contributed by atoms with Crippen LogP contribution >= 0.6 is 0 Å². The molecule has 2 rings (SSSR count). The van der Waals surface area contributed by atoms with Gasteiger partial charge in [-0.25, -0.2) is 0 Å². The van der Waals surface area contributed by atoms with E-state index < -0.39 is 17.6 Å². The zero-order valence-electron chi connectivity index (χ0n) is 14.5. The van der Waals surface area contributed by atoms with Crippen molar-refractivity contribution in [1.82, 2.24) is 0 Å².